The van der Waals surface area contributed by atoms with Crippen LogP contribution in [-0.2, 0) is 4.79 Å². The number of hydrogen-bond donors (Lipinski definition) is 3. The van der Waals surface area contributed by atoms with E-state index in [-0.39, 0.29) is 18.3 Å². The molecular formula is C23H46ClNO3. The predicted molar refractivity (Wildman–Crippen MR) is 122 cm³/mol. The molecule has 0 aromatic carbocycles. The zero-order valence-electron chi connectivity index (χ0n) is 18.7. The lowest BCUT2D eigenvalue weighted by Gasteiger charge is -2.37. The first kappa shape index (κ1) is 29.6. The highest BCUT2D eigenvalue weighted by molar-refractivity contribution is 5.85. The molecule has 168 valence electrons. The fourth-order valence-electron chi connectivity index (χ4n) is 3.80. The minimum atomic E-state index is -1.11. The molecule has 0 saturated carbocycles. The average Bonchev–Trinajstić information content (AvgIpc) is 2.64. The Hall–Kier alpha value is -0.580. The first-order chi connectivity index (χ1) is 12.9. The maximum Gasteiger partial charge on any atom is 0.231 e. The van der Waals surface area contributed by atoms with Crippen molar-refractivity contribution in [1.82, 2.24) is 5.32 Å². The summed E-state index contributed by atoms with van der Waals surface area (Å²) in [6.45, 7) is 5.44. The zero-order chi connectivity index (χ0) is 20.5. The van der Waals surface area contributed by atoms with Crippen LogP contribution in [0.25, 0.3) is 0 Å². The Balaban J connectivity index is 0. The lowest BCUT2D eigenvalue weighted by atomic mass is 9.73. The molecule has 0 spiro atoms. The second-order valence-corrected chi connectivity index (χ2v) is 7.95. The number of aliphatic hydroxyl groups excluding tert-OH is 2. The van der Waals surface area contributed by atoms with Crippen molar-refractivity contribution in [1.29, 1.82) is 0 Å². The molecule has 0 aromatic heterocycles. The zero-order valence-corrected chi connectivity index (χ0v) is 19.5. The minimum Gasteiger partial charge on any atom is -0.392 e. The Morgan fingerprint density at radius 2 is 1.29 bits per heavy atom. The average molecular weight is 420 g/mol. The second kappa shape index (κ2) is 18.4. The third kappa shape index (κ3) is 11.4. The van der Waals surface area contributed by atoms with Crippen molar-refractivity contribution in [2.45, 2.75) is 116 Å². The minimum absolute atomic E-state index is 0. The highest BCUT2D eigenvalue weighted by atomic mass is 35.5. The van der Waals surface area contributed by atoms with Gasteiger partial charge in [0.15, 0.2) is 0 Å². The number of carbonyl (C=O) groups excluding carboxylic acids is 1. The molecule has 2 atom stereocenters. The number of halogens is 1. The van der Waals surface area contributed by atoms with Crippen LogP contribution in [0, 0.1) is 5.41 Å². The number of allylic oxidation sites excluding steroid dienone is 2. The molecule has 0 aliphatic carbocycles. The summed E-state index contributed by atoms with van der Waals surface area (Å²) in [6, 6.07) is 0. The largest absolute Gasteiger partial charge is 0.392 e. The smallest absolute Gasteiger partial charge is 0.231 e. The molecule has 4 nitrogen and oxygen atoms in total. The Bertz CT molecular complexity index is 389. The number of unbranched alkanes of at least 4 members (excludes halogenated alkanes) is 10. The molecule has 0 aliphatic heterocycles. The van der Waals surface area contributed by atoms with E-state index >= 15 is 0 Å². The van der Waals surface area contributed by atoms with Gasteiger partial charge < -0.3 is 15.5 Å². The van der Waals surface area contributed by atoms with Crippen LogP contribution in [0.5, 0.6) is 0 Å². The molecule has 1 amide bonds. The molecule has 3 N–H and O–H groups in total. The van der Waals surface area contributed by atoms with E-state index in [0.717, 1.165) is 32.1 Å². The summed E-state index contributed by atoms with van der Waals surface area (Å²) in [4.78, 5) is 12.2. The van der Waals surface area contributed by atoms with Gasteiger partial charge in [-0.2, -0.15) is 0 Å². The van der Waals surface area contributed by atoms with Crippen LogP contribution in [0.3, 0.4) is 0 Å². The van der Waals surface area contributed by atoms with E-state index < -0.39 is 17.6 Å². The van der Waals surface area contributed by atoms with E-state index in [1.165, 1.54) is 44.9 Å². The maximum atomic E-state index is 12.2. The fraction of sp³-hybridized carbons (Fsp3) is 0.870. The van der Waals surface area contributed by atoms with Gasteiger partial charge in [-0.3, -0.25) is 4.79 Å². The molecule has 0 rings (SSSR count). The van der Waals surface area contributed by atoms with Crippen LogP contribution in [0.15, 0.2) is 12.2 Å². The van der Waals surface area contributed by atoms with Crippen LogP contribution in [0.4, 0.5) is 0 Å². The third-order valence-electron chi connectivity index (χ3n) is 5.74. The Kier molecular flexibility index (Phi) is 19.5. The van der Waals surface area contributed by atoms with Crippen LogP contribution in [0.2, 0.25) is 0 Å². The quantitative estimate of drug-likeness (QED) is 0.214. The number of nitrogens with one attached hydrogen (secondary N) is 1. The SMILES string of the molecule is CCCCCCCCC=CCCCCCCC(C(=O)NC)(C(C)O)C(C)O.Cl. The Morgan fingerprint density at radius 3 is 1.71 bits per heavy atom. The highest BCUT2D eigenvalue weighted by Crippen LogP contribution is 2.34. The molecule has 0 heterocycles. The molecule has 0 aliphatic rings. The molecule has 0 aromatic rings. The maximum absolute atomic E-state index is 12.2. The lowest BCUT2D eigenvalue weighted by molar-refractivity contribution is -0.148. The topological polar surface area (TPSA) is 69.6 Å². The Morgan fingerprint density at radius 1 is 0.857 bits per heavy atom. The molecule has 5 heteroatoms. The van der Waals surface area contributed by atoms with Crippen LogP contribution in [-0.4, -0.2) is 35.4 Å². The summed E-state index contributed by atoms with van der Waals surface area (Å²) in [7, 11) is 1.55. The number of aliphatic hydroxyl groups is 2. The van der Waals surface area contributed by atoms with Gasteiger partial charge in [-0.15, -0.1) is 12.4 Å². The van der Waals surface area contributed by atoms with Crippen molar-refractivity contribution >= 4 is 18.3 Å². The fourth-order valence-corrected chi connectivity index (χ4v) is 3.80. The molecular weight excluding hydrogens is 374 g/mol. The van der Waals surface area contributed by atoms with E-state index in [4.69, 9.17) is 0 Å². The summed E-state index contributed by atoms with van der Waals surface area (Å²) in [5.41, 5.74) is -1.11. The van der Waals surface area contributed by atoms with Gasteiger partial charge in [0.25, 0.3) is 0 Å². The van der Waals surface area contributed by atoms with Gasteiger partial charge in [-0.1, -0.05) is 70.4 Å². The van der Waals surface area contributed by atoms with E-state index in [1.807, 2.05) is 0 Å². The van der Waals surface area contributed by atoms with Crippen molar-refractivity contribution < 1.29 is 15.0 Å². The van der Waals surface area contributed by atoms with E-state index in [1.54, 1.807) is 20.9 Å². The van der Waals surface area contributed by atoms with Gasteiger partial charge in [0.1, 0.15) is 5.41 Å². The molecule has 2 unspecified atom stereocenters. The van der Waals surface area contributed by atoms with Crippen LogP contribution in [0.1, 0.15) is 104 Å². The van der Waals surface area contributed by atoms with Crippen molar-refractivity contribution in [3.05, 3.63) is 12.2 Å². The first-order valence-corrected chi connectivity index (χ1v) is 11.2. The van der Waals surface area contributed by atoms with Crippen LogP contribution < -0.4 is 5.32 Å². The van der Waals surface area contributed by atoms with E-state index in [0.29, 0.717) is 6.42 Å². The van der Waals surface area contributed by atoms with Crippen molar-refractivity contribution in [3.63, 3.8) is 0 Å². The third-order valence-corrected chi connectivity index (χ3v) is 5.74. The van der Waals surface area contributed by atoms with Gasteiger partial charge >= 0.3 is 0 Å². The van der Waals surface area contributed by atoms with Gasteiger partial charge in [0, 0.05) is 7.05 Å². The standard InChI is InChI=1S/C23H45NO3.ClH/c1-5-6-7-8-9-10-11-12-13-14-15-16-17-18-19-23(20(2)25,21(3)26)22(27)24-4;/h12-13,20-21,25-26H,5-11,14-19H2,1-4H3,(H,24,27);1H. The summed E-state index contributed by atoms with van der Waals surface area (Å²) in [5.74, 6) is -0.273. The highest BCUT2D eigenvalue weighted by Gasteiger charge is 2.46. The van der Waals surface area contributed by atoms with Crippen molar-refractivity contribution in [2.75, 3.05) is 7.05 Å². The monoisotopic (exact) mass is 419 g/mol. The molecule has 28 heavy (non-hydrogen) atoms. The van der Waals surface area contributed by atoms with Crippen molar-refractivity contribution in [2.24, 2.45) is 5.41 Å². The van der Waals surface area contributed by atoms with Gasteiger partial charge in [-0.05, 0) is 46.0 Å². The number of hydrogen-bond acceptors (Lipinski definition) is 3. The molecule has 0 fully saturated rings. The van der Waals surface area contributed by atoms with E-state index in [2.05, 4.69) is 24.4 Å². The summed E-state index contributed by atoms with van der Waals surface area (Å²) < 4.78 is 0. The van der Waals surface area contributed by atoms with Crippen molar-refractivity contribution in [3.8, 4) is 0 Å². The Labute approximate surface area is 180 Å². The van der Waals surface area contributed by atoms with Crippen LogP contribution >= 0.6 is 12.4 Å². The predicted octanol–water partition coefficient (Wildman–Crippen LogP) is 5.55. The molecule has 0 bridgehead atoms. The summed E-state index contributed by atoms with van der Waals surface area (Å²) >= 11 is 0. The lowest BCUT2D eigenvalue weighted by Crippen LogP contribution is -2.53. The second-order valence-electron chi connectivity index (χ2n) is 7.95. The van der Waals surface area contributed by atoms with E-state index in [9.17, 15) is 15.0 Å². The molecule has 0 saturated heterocycles. The van der Waals surface area contributed by atoms with Gasteiger partial charge in [-0.25, -0.2) is 0 Å². The number of amides is 1. The number of rotatable bonds is 17. The molecule has 0 radical (unpaired) electrons. The summed E-state index contributed by atoms with van der Waals surface area (Å²) in [5, 5.41) is 22.8. The normalized spacial score (nSPS) is 15.6. The number of carbonyl (C=O) groups is 1. The van der Waals surface area contributed by atoms with Gasteiger partial charge in [0.2, 0.25) is 5.91 Å². The summed E-state index contributed by atoms with van der Waals surface area (Å²) in [6.07, 6.45) is 17.9. The first-order valence-electron chi connectivity index (χ1n) is 11.2. The van der Waals surface area contributed by atoms with Gasteiger partial charge in [0.05, 0.1) is 12.2 Å².